The van der Waals surface area contributed by atoms with Gasteiger partial charge in [0.1, 0.15) is 5.75 Å². The molecule has 0 saturated heterocycles. The number of fused-ring (bicyclic) bond motifs is 1. The zero-order chi connectivity index (χ0) is 12.3. The fourth-order valence-electron chi connectivity index (χ4n) is 1.70. The first-order chi connectivity index (χ1) is 8.20. The highest BCUT2D eigenvalue weighted by Crippen LogP contribution is 2.22. The molecule has 0 unspecified atom stereocenters. The molecule has 88 valence electrons. The molecule has 0 aliphatic rings. The molecule has 0 saturated carbocycles. The van der Waals surface area contributed by atoms with Crippen molar-refractivity contribution in [2.24, 2.45) is 0 Å². The van der Waals surface area contributed by atoms with E-state index >= 15 is 0 Å². The molecular weight excluding hydrogens is 236 g/mol. The first-order valence-corrected chi connectivity index (χ1v) is 5.93. The zero-order valence-corrected chi connectivity index (χ0v) is 10.3. The Morgan fingerprint density at radius 3 is 2.59 bits per heavy atom. The van der Waals surface area contributed by atoms with Gasteiger partial charge in [0.05, 0.1) is 0 Å². The smallest absolute Gasteiger partial charge is 0.262 e. The van der Waals surface area contributed by atoms with Crippen LogP contribution >= 0.6 is 11.6 Å². The van der Waals surface area contributed by atoms with Crippen molar-refractivity contribution < 1.29 is 9.53 Å². The highest BCUT2D eigenvalue weighted by Gasteiger charge is 2.15. The van der Waals surface area contributed by atoms with Crippen molar-refractivity contribution >= 4 is 27.6 Å². The van der Waals surface area contributed by atoms with Gasteiger partial charge in [0.2, 0.25) is 0 Å². The summed E-state index contributed by atoms with van der Waals surface area (Å²) in [6, 6.07) is 13.7. The number of hydrogen-bond donors (Lipinski definition) is 0. The summed E-state index contributed by atoms with van der Waals surface area (Å²) in [5, 5.41) is 1.77. The Hall–Kier alpha value is -1.54. The fourth-order valence-corrected chi connectivity index (χ4v) is 1.89. The fraction of sp³-hybridized carbons (Fsp3) is 0.214. The minimum absolute atomic E-state index is 0.458. The molecular formula is C14H13ClO2. The number of hydrogen-bond acceptors (Lipinski definition) is 2. The average Bonchev–Trinajstić information content (AvgIpc) is 2.35. The Balaban J connectivity index is 2.27. The minimum Gasteiger partial charge on any atom is -0.481 e. The maximum Gasteiger partial charge on any atom is 0.262 e. The van der Waals surface area contributed by atoms with E-state index in [1.807, 2.05) is 49.4 Å². The van der Waals surface area contributed by atoms with E-state index < -0.39 is 11.3 Å². The Labute approximate surface area is 105 Å². The molecule has 0 heterocycles. The van der Waals surface area contributed by atoms with Crippen LogP contribution in [-0.4, -0.2) is 11.3 Å². The molecule has 0 N–H and O–H groups in total. The van der Waals surface area contributed by atoms with E-state index in [0.717, 1.165) is 10.8 Å². The lowest BCUT2D eigenvalue weighted by Crippen LogP contribution is -2.22. The molecule has 2 nitrogen and oxygen atoms in total. The summed E-state index contributed by atoms with van der Waals surface area (Å²) in [6.45, 7) is 1.87. The summed E-state index contributed by atoms with van der Waals surface area (Å²) in [5.74, 6) is 0.671. The largest absolute Gasteiger partial charge is 0.481 e. The van der Waals surface area contributed by atoms with Gasteiger partial charge >= 0.3 is 0 Å². The number of carbonyl (C=O) groups excluding carboxylic acids is 1. The Bertz CT molecular complexity index is 536. The van der Waals surface area contributed by atoms with Gasteiger partial charge in [-0.3, -0.25) is 4.79 Å². The van der Waals surface area contributed by atoms with Crippen LogP contribution in [0.3, 0.4) is 0 Å². The summed E-state index contributed by atoms with van der Waals surface area (Å²) in [4.78, 5) is 11.1. The van der Waals surface area contributed by atoms with Gasteiger partial charge < -0.3 is 4.74 Å². The molecule has 0 amide bonds. The van der Waals surface area contributed by atoms with Crippen LogP contribution in [0.4, 0.5) is 0 Å². The third kappa shape index (κ3) is 2.77. The highest BCUT2D eigenvalue weighted by molar-refractivity contribution is 6.64. The van der Waals surface area contributed by atoms with E-state index in [1.165, 1.54) is 0 Å². The van der Waals surface area contributed by atoms with Crippen LogP contribution < -0.4 is 4.74 Å². The molecule has 3 heteroatoms. The summed E-state index contributed by atoms with van der Waals surface area (Å²) in [5.41, 5.74) is 0. The normalized spacial score (nSPS) is 12.4. The van der Waals surface area contributed by atoms with Crippen molar-refractivity contribution in [2.75, 3.05) is 0 Å². The van der Waals surface area contributed by atoms with Gasteiger partial charge in [-0.2, -0.15) is 0 Å². The number of benzene rings is 2. The minimum atomic E-state index is -0.571. The SMILES string of the molecule is CC[C@H](Oc1ccc2ccccc2c1)C(=O)Cl. The Morgan fingerprint density at radius 1 is 1.24 bits per heavy atom. The topological polar surface area (TPSA) is 26.3 Å². The molecule has 0 fully saturated rings. The van der Waals surface area contributed by atoms with Gasteiger partial charge in [0, 0.05) is 0 Å². The first-order valence-electron chi connectivity index (χ1n) is 5.55. The zero-order valence-electron chi connectivity index (χ0n) is 9.52. The van der Waals surface area contributed by atoms with Gasteiger partial charge in [0.15, 0.2) is 6.10 Å². The molecule has 0 aliphatic carbocycles. The molecule has 1 atom stereocenters. The van der Waals surface area contributed by atoms with Crippen molar-refractivity contribution in [1.82, 2.24) is 0 Å². The number of rotatable bonds is 4. The van der Waals surface area contributed by atoms with E-state index in [-0.39, 0.29) is 0 Å². The second-order valence-corrected chi connectivity index (χ2v) is 4.20. The summed E-state index contributed by atoms with van der Waals surface area (Å²) in [6.07, 6.45) is -0.00681. The summed E-state index contributed by atoms with van der Waals surface area (Å²) in [7, 11) is 0. The molecule has 0 aromatic heterocycles. The molecule has 17 heavy (non-hydrogen) atoms. The van der Waals surface area contributed by atoms with Crippen LogP contribution in [0, 0.1) is 0 Å². The Morgan fingerprint density at radius 2 is 1.94 bits per heavy atom. The molecule has 2 rings (SSSR count). The van der Waals surface area contributed by atoms with Crippen LogP contribution in [0.2, 0.25) is 0 Å². The predicted molar refractivity (Wildman–Crippen MR) is 69.5 cm³/mol. The highest BCUT2D eigenvalue weighted by atomic mass is 35.5. The van der Waals surface area contributed by atoms with Crippen LogP contribution in [0.25, 0.3) is 10.8 Å². The van der Waals surface area contributed by atoms with Gasteiger partial charge in [-0.15, -0.1) is 0 Å². The molecule has 0 bridgehead atoms. The quantitative estimate of drug-likeness (QED) is 0.770. The van der Waals surface area contributed by atoms with E-state index in [4.69, 9.17) is 16.3 Å². The van der Waals surface area contributed by atoms with Crippen molar-refractivity contribution in [3.63, 3.8) is 0 Å². The monoisotopic (exact) mass is 248 g/mol. The molecule has 0 aliphatic heterocycles. The van der Waals surface area contributed by atoms with E-state index in [9.17, 15) is 4.79 Å². The van der Waals surface area contributed by atoms with Crippen molar-refractivity contribution in [3.8, 4) is 5.75 Å². The third-order valence-corrected chi connectivity index (χ3v) is 2.87. The third-order valence-electron chi connectivity index (χ3n) is 2.62. The van der Waals surface area contributed by atoms with Crippen LogP contribution in [0.15, 0.2) is 42.5 Å². The molecule has 0 radical (unpaired) electrons. The van der Waals surface area contributed by atoms with E-state index in [1.54, 1.807) is 0 Å². The summed E-state index contributed by atoms with van der Waals surface area (Å²) >= 11 is 5.45. The number of carbonyl (C=O) groups is 1. The molecule has 0 spiro atoms. The van der Waals surface area contributed by atoms with E-state index in [2.05, 4.69) is 0 Å². The maximum absolute atomic E-state index is 11.1. The predicted octanol–water partition coefficient (Wildman–Crippen LogP) is 3.76. The lowest BCUT2D eigenvalue weighted by atomic mass is 10.1. The van der Waals surface area contributed by atoms with Crippen molar-refractivity contribution in [2.45, 2.75) is 19.4 Å². The number of ether oxygens (including phenoxy) is 1. The van der Waals surface area contributed by atoms with Crippen LogP contribution in [0.1, 0.15) is 13.3 Å². The second kappa shape index (κ2) is 5.19. The van der Waals surface area contributed by atoms with Gasteiger partial charge in [0.25, 0.3) is 5.24 Å². The second-order valence-electron chi connectivity index (χ2n) is 3.83. The number of halogens is 1. The lowest BCUT2D eigenvalue weighted by Gasteiger charge is -2.13. The van der Waals surface area contributed by atoms with Crippen LogP contribution in [0.5, 0.6) is 5.75 Å². The Kier molecular flexibility index (Phi) is 3.64. The molecule has 2 aromatic rings. The van der Waals surface area contributed by atoms with Gasteiger partial charge in [-0.05, 0) is 40.9 Å². The van der Waals surface area contributed by atoms with E-state index in [0.29, 0.717) is 12.2 Å². The summed E-state index contributed by atoms with van der Waals surface area (Å²) < 4.78 is 5.55. The maximum atomic E-state index is 11.1. The standard InChI is InChI=1S/C14H13ClO2/c1-2-13(14(15)16)17-12-8-7-10-5-3-4-6-11(10)9-12/h3-9,13H,2H2,1H3/t13-/m0/s1. The van der Waals surface area contributed by atoms with Crippen LogP contribution in [-0.2, 0) is 4.79 Å². The van der Waals surface area contributed by atoms with Crippen molar-refractivity contribution in [3.05, 3.63) is 42.5 Å². The molecule has 2 aromatic carbocycles. The van der Waals surface area contributed by atoms with Gasteiger partial charge in [-0.25, -0.2) is 0 Å². The first kappa shape index (κ1) is 11.9. The van der Waals surface area contributed by atoms with Gasteiger partial charge in [-0.1, -0.05) is 37.3 Å². The van der Waals surface area contributed by atoms with Crippen molar-refractivity contribution in [1.29, 1.82) is 0 Å². The average molecular weight is 249 g/mol. The lowest BCUT2D eigenvalue weighted by molar-refractivity contribution is -0.117.